The zero-order valence-corrected chi connectivity index (χ0v) is 14.0. The van der Waals surface area contributed by atoms with Gasteiger partial charge < -0.3 is 9.47 Å². The van der Waals surface area contributed by atoms with Crippen molar-refractivity contribution in [2.24, 2.45) is 0 Å². The van der Waals surface area contributed by atoms with Gasteiger partial charge in [-0.3, -0.25) is 4.90 Å². The Morgan fingerprint density at radius 3 is 2.68 bits per heavy atom. The van der Waals surface area contributed by atoms with E-state index in [2.05, 4.69) is 9.62 Å². The lowest BCUT2D eigenvalue weighted by atomic mass is 10.2. The van der Waals surface area contributed by atoms with E-state index in [1.54, 1.807) is 25.1 Å². The van der Waals surface area contributed by atoms with E-state index in [1.165, 1.54) is 0 Å². The average Bonchev–Trinajstić information content (AvgIpc) is 2.48. The van der Waals surface area contributed by atoms with E-state index in [1.807, 2.05) is 6.92 Å². The molecule has 1 heterocycles. The lowest BCUT2D eigenvalue weighted by Gasteiger charge is -2.26. The van der Waals surface area contributed by atoms with Crippen LogP contribution in [0.2, 0.25) is 0 Å². The van der Waals surface area contributed by atoms with Crippen molar-refractivity contribution in [2.75, 3.05) is 46.0 Å². The monoisotopic (exact) mass is 328 g/mol. The molecule has 1 aliphatic heterocycles. The first-order valence-electron chi connectivity index (χ1n) is 7.56. The Kier molecular flexibility index (Phi) is 6.19. The van der Waals surface area contributed by atoms with Gasteiger partial charge in [-0.2, -0.15) is 0 Å². The molecule has 1 aromatic rings. The molecule has 7 heteroatoms. The highest BCUT2D eigenvalue weighted by Gasteiger charge is 2.18. The summed E-state index contributed by atoms with van der Waals surface area (Å²) in [7, 11) is -3.49. The van der Waals surface area contributed by atoms with Crippen molar-refractivity contribution in [3.63, 3.8) is 0 Å². The maximum Gasteiger partial charge on any atom is 0.240 e. The van der Waals surface area contributed by atoms with Gasteiger partial charge in [-0.25, -0.2) is 13.1 Å². The summed E-state index contributed by atoms with van der Waals surface area (Å²) in [4.78, 5) is 2.50. The number of ether oxygens (including phenoxy) is 2. The van der Waals surface area contributed by atoms with Crippen molar-refractivity contribution < 1.29 is 17.9 Å². The van der Waals surface area contributed by atoms with Gasteiger partial charge in [0.15, 0.2) is 0 Å². The van der Waals surface area contributed by atoms with Crippen molar-refractivity contribution in [2.45, 2.75) is 18.7 Å². The van der Waals surface area contributed by atoms with Crippen LogP contribution in [0.3, 0.4) is 0 Å². The largest absolute Gasteiger partial charge is 0.494 e. The van der Waals surface area contributed by atoms with E-state index < -0.39 is 10.0 Å². The SMILES string of the molecule is CCOc1ccc(S(=O)(=O)NCCN2CCOCC2)c(C)c1. The number of rotatable bonds is 7. The molecular weight excluding hydrogens is 304 g/mol. The molecule has 0 aromatic heterocycles. The smallest absolute Gasteiger partial charge is 0.240 e. The highest BCUT2D eigenvalue weighted by atomic mass is 32.2. The predicted octanol–water partition coefficient (Wildman–Crippen LogP) is 1.00. The molecule has 124 valence electrons. The van der Waals surface area contributed by atoms with E-state index in [4.69, 9.17) is 9.47 Å². The van der Waals surface area contributed by atoms with E-state index in [9.17, 15) is 8.42 Å². The summed E-state index contributed by atoms with van der Waals surface area (Å²) in [5.74, 6) is 0.687. The van der Waals surface area contributed by atoms with Crippen LogP contribution in [0, 0.1) is 6.92 Å². The molecule has 2 rings (SSSR count). The molecule has 1 saturated heterocycles. The Morgan fingerprint density at radius 2 is 2.05 bits per heavy atom. The Hall–Kier alpha value is -1.15. The molecule has 0 bridgehead atoms. The summed E-state index contributed by atoms with van der Waals surface area (Å²) in [6.07, 6.45) is 0. The molecule has 0 amide bonds. The third-order valence-electron chi connectivity index (χ3n) is 3.57. The maximum atomic E-state index is 12.4. The Labute approximate surface area is 132 Å². The quantitative estimate of drug-likeness (QED) is 0.809. The van der Waals surface area contributed by atoms with Gasteiger partial charge in [0.05, 0.1) is 24.7 Å². The van der Waals surface area contributed by atoms with E-state index in [0.717, 1.165) is 13.1 Å². The standard InChI is InChI=1S/C15H24N2O4S/c1-3-21-14-4-5-15(13(2)12-14)22(18,19)16-6-7-17-8-10-20-11-9-17/h4-5,12,16H,3,6-11H2,1-2H3. The molecule has 0 spiro atoms. The number of nitrogens with zero attached hydrogens (tertiary/aromatic N) is 1. The lowest BCUT2D eigenvalue weighted by molar-refractivity contribution is 0.0390. The summed E-state index contributed by atoms with van der Waals surface area (Å²) < 4.78 is 38.1. The first-order chi connectivity index (χ1) is 10.5. The molecular formula is C15H24N2O4S. The second-order valence-electron chi connectivity index (χ2n) is 5.21. The van der Waals surface area contributed by atoms with Gasteiger partial charge >= 0.3 is 0 Å². The molecule has 1 fully saturated rings. The molecule has 0 aliphatic carbocycles. The van der Waals surface area contributed by atoms with Crippen LogP contribution in [0.25, 0.3) is 0 Å². The summed E-state index contributed by atoms with van der Waals surface area (Å²) >= 11 is 0. The Morgan fingerprint density at radius 1 is 1.32 bits per heavy atom. The molecule has 0 radical (unpaired) electrons. The van der Waals surface area contributed by atoms with Gasteiger partial charge in [0.25, 0.3) is 0 Å². The minimum Gasteiger partial charge on any atom is -0.494 e. The van der Waals surface area contributed by atoms with E-state index in [0.29, 0.717) is 49.1 Å². The van der Waals surface area contributed by atoms with Crippen LogP contribution in [-0.2, 0) is 14.8 Å². The number of hydrogen-bond donors (Lipinski definition) is 1. The number of hydrogen-bond acceptors (Lipinski definition) is 5. The third-order valence-corrected chi connectivity index (χ3v) is 5.19. The maximum absolute atomic E-state index is 12.4. The molecule has 1 aromatic carbocycles. The predicted molar refractivity (Wildman–Crippen MR) is 84.8 cm³/mol. The van der Waals surface area contributed by atoms with E-state index >= 15 is 0 Å². The molecule has 1 aliphatic rings. The van der Waals surface area contributed by atoms with Crippen molar-refractivity contribution in [3.05, 3.63) is 23.8 Å². The minimum absolute atomic E-state index is 0.304. The van der Waals surface area contributed by atoms with Gasteiger partial charge in [0.2, 0.25) is 10.0 Å². The number of benzene rings is 1. The molecule has 6 nitrogen and oxygen atoms in total. The van der Waals surface area contributed by atoms with Crippen LogP contribution in [0.1, 0.15) is 12.5 Å². The van der Waals surface area contributed by atoms with Gasteiger partial charge in [0, 0.05) is 26.2 Å². The van der Waals surface area contributed by atoms with E-state index in [-0.39, 0.29) is 0 Å². The molecule has 1 N–H and O–H groups in total. The van der Waals surface area contributed by atoms with Crippen LogP contribution in [0.4, 0.5) is 0 Å². The average molecular weight is 328 g/mol. The van der Waals surface area contributed by atoms with Crippen molar-refractivity contribution in [3.8, 4) is 5.75 Å². The summed E-state index contributed by atoms with van der Waals surface area (Å²) in [6, 6.07) is 5.03. The first-order valence-corrected chi connectivity index (χ1v) is 9.04. The van der Waals surface area contributed by atoms with Gasteiger partial charge in [-0.1, -0.05) is 0 Å². The summed E-state index contributed by atoms with van der Waals surface area (Å²) in [5.41, 5.74) is 0.685. The first kappa shape index (κ1) is 17.2. The Bertz CT molecular complexity index is 583. The lowest BCUT2D eigenvalue weighted by Crippen LogP contribution is -2.41. The molecule has 0 atom stereocenters. The number of aryl methyl sites for hydroxylation is 1. The Balaban J connectivity index is 1.94. The highest BCUT2D eigenvalue weighted by Crippen LogP contribution is 2.21. The van der Waals surface area contributed by atoms with Crippen LogP contribution >= 0.6 is 0 Å². The van der Waals surface area contributed by atoms with Crippen molar-refractivity contribution in [1.82, 2.24) is 9.62 Å². The van der Waals surface area contributed by atoms with Crippen LogP contribution < -0.4 is 9.46 Å². The molecule has 0 unspecified atom stereocenters. The fourth-order valence-electron chi connectivity index (χ4n) is 2.42. The third kappa shape index (κ3) is 4.67. The zero-order chi connectivity index (χ0) is 16.0. The number of morpholine rings is 1. The van der Waals surface area contributed by atoms with Gasteiger partial charge in [-0.15, -0.1) is 0 Å². The highest BCUT2D eigenvalue weighted by molar-refractivity contribution is 7.89. The summed E-state index contributed by atoms with van der Waals surface area (Å²) in [6.45, 7) is 8.45. The van der Waals surface area contributed by atoms with Gasteiger partial charge in [0.1, 0.15) is 5.75 Å². The summed E-state index contributed by atoms with van der Waals surface area (Å²) in [5, 5.41) is 0. The minimum atomic E-state index is -3.49. The second kappa shape index (κ2) is 7.92. The second-order valence-corrected chi connectivity index (χ2v) is 6.95. The van der Waals surface area contributed by atoms with Crippen LogP contribution in [0.15, 0.2) is 23.1 Å². The van der Waals surface area contributed by atoms with Crippen molar-refractivity contribution in [1.29, 1.82) is 0 Å². The zero-order valence-electron chi connectivity index (χ0n) is 13.2. The van der Waals surface area contributed by atoms with Crippen molar-refractivity contribution >= 4 is 10.0 Å². The number of nitrogens with one attached hydrogen (secondary N) is 1. The topological polar surface area (TPSA) is 67.9 Å². The van der Waals surface area contributed by atoms with Crippen LogP contribution in [0.5, 0.6) is 5.75 Å². The normalized spacial score (nSPS) is 16.6. The van der Waals surface area contributed by atoms with Gasteiger partial charge in [-0.05, 0) is 37.6 Å². The fourth-order valence-corrected chi connectivity index (χ4v) is 3.67. The molecule has 0 saturated carbocycles. The molecule has 22 heavy (non-hydrogen) atoms. The number of sulfonamides is 1. The van der Waals surface area contributed by atoms with Crippen LogP contribution in [-0.4, -0.2) is 59.3 Å². The fraction of sp³-hybridized carbons (Fsp3) is 0.600.